The molecule has 2 aliphatic rings. The van der Waals surface area contributed by atoms with E-state index < -0.39 is 5.54 Å². The first kappa shape index (κ1) is 20.8. The number of benzene rings is 3. The van der Waals surface area contributed by atoms with Crippen LogP contribution in [0.15, 0.2) is 72.8 Å². The molecule has 1 heterocycles. The van der Waals surface area contributed by atoms with E-state index in [-0.39, 0.29) is 11.6 Å². The highest BCUT2D eigenvalue weighted by atomic mass is 16.2. The molecule has 3 aromatic rings. The Balaban J connectivity index is 1.44. The van der Waals surface area contributed by atoms with Gasteiger partial charge in [-0.2, -0.15) is 0 Å². The van der Waals surface area contributed by atoms with Crippen molar-refractivity contribution in [3.05, 3.63) is 106 Å². The lowest BCUT2D eigenvalue weighted by atomic mass is 9.82. The van der Waals surface area contributed by atoms with Gasteiger partial charge in [-0.15, -0.1) is 0 Å². The van der Waals surface area contributed by atoms with Gasteiger partial charge in [0, 0.05) is 43.9 Å². The molecule has 1 fully saturated rings. The Bertz CT molecular complexity index is 1140. The molecule has 0 spiro atoms. The number of carbonyl (C=O) groups is 2. The van der Waals surface area contributed by atoms with E-state index in [1.54, 1.807) is 12.1 Å². The molecule has 162 valence electrons. The van der Waals surface area contributed by atoms with Crippen LogP contribution in [-0.4, -0.2) is 47.5 Å². The Morgan fingerprint density at radius 3 is 1.94 bits per heavy atom. The topological polar surface area (TPSA) is 40.6 Å². The van der Waals surface area contributed by atoms with Crippen LogP contribution < -0.4 is 0 Å². The summed E-state index contributed by atoms with van der Waals surface area (Å²) in [5.41, 5.74) is 4.52. The van der Waals surface area contributed by atoms with E-state index in [1.807, 2.05) is 42.5 Å². The highest BCUT2D eigenvalue weighted by Gasteiger charge is 2.58. The average molecular weight is 425 g/mol. The summed E-state index contributed by atoms with van der Waals surface area (Å²) in [6.07, 6.45) is 0. The number of hydrogen-bond donors (Lipinski definition) is 0. The fraction of sp³-hybridized carbons (Fsp3) is 0.286. The van der Waals surface area contributed by atoms with Crippen LogP contribution in [0, 0.1) is 13.8 Å². The molecule has 0 N–H and O–H groups in total. The standard InChI is InChI=1S/C28H28N2O2/c1-20-12-13-22(21(2)18-20)19-29-14-16-30(17-15-29)28(23-8-4-3-5-9-23)26(31)24-10-6-7-11-25(24)27(28)32/h3-13,18H,14-17,19H2,1-2H3. The van der Waals surface area contributed by atoms with Gasteiger partial charge in [0.2, 0.25) is 0 Å². The van der Waals surface area contributed by atoms with Crippen molar-refractivity contribution in [1.29, 1.82) is 0 Å². The van der Waals surface area contributed by atoms with Gasteiger partial charge in [-0.05, 0) is 30.5 Å². The van der Waals surface area contributed by atoms with Crippen molar-refractivity contribution in [2.45, 2.75) is 25.9 Å². The SMILES string of the molecule is Cc1ccc(CN2CCN(C3(c4ccccc4)C(=O)c4ccccc4C3=O)CC2)c(C)c1. The van der Waals surface area contributed by atoms with Crippen LogP contribution in [0.4, 0.5) is 0 Å². The monoisotopic (exact) mass is 424 g/mol. The number of hydrogen-bond acceptors (Lipinski definition) is 4. The van der Waals surface area contributed by atoms with Gasteiger partial charge in [-0.1, -0.05) is 78.4 Å². The molecular weight excluding hydrogens is 396 g/mol. The second-order valence-corrected chi connectivity index (χ2v) is 8.97. The van der Waals surface area contributed by atoms with Crippen LogP contribution in [0.2, 0.25) is 0 Å². The summed E-state index contributed by atoms with van der Waals surface area (Å²) in [6.45, 7) is 8.15. The molecule has 4 nitrogen and oxygen atoms in total. The molecule has 0 radical (unpaired) electrons. The molecule has 0 atom stereocenters. The molecule has 1 aliphatic heterocycles. The minimum absolute atomic E-state index is 0.0906. The van der Waals surface area contributed by atoms with Gasteiger partial charge in [0.15, 0.2) is 17.1 Å². The van der Waals surface area contributed by atoms with Gasteiger partial charge in [0.25, 0.3) is 0 Å². The first-order valence-electron chi connectivity index (χ1n) is 11.3. The lowest BCUT2D eigenvalue weighted by Gasteiger charge is -2.44. The molecule has 3 aromatic carbocycles. The zero-order chi connectivity index (χ0) is 22.3. The predicted molar refractivity (Wildman–Crippen MR) is 126 cm³/mol. The van der Waals surface area contributed by atoms with E-state index in [0.717, 1.165) is 25.2 Å². The summed E-state index contributed by atoms with van der Waals surface area (Å²) in [6, 6.07) is 23.5. The second kappa shape index (κ2) is 8.12. The molecule has 32 heavy (non-hydrogen) atoms. The first-order valence-corrected chi connectivity index (χ1v) is 11.3. The van der Waals surface area contributed by atoms with Crippen LogP contribution in [0.5, 0.6) is 0 Å². The van der Waals surface area contributed by atoms with Crippen LogP contribution in [0.1, 0.15) is 43.0 Å². The Morgan fingerprint density at radius 1 is 0.750 bits per heavy atom. The number of ketones is 2. The number of Topliss-reactive ketones (excluding diaryl/α,β-unsaturated/α-hetero) is 2. The van der Waals surface area contributed by atoms with E-state index in [0.29, 0.717) is 24.2 Å². The van der Waals surface area contributed by atoms with Gasteiger partial charge >= 0.3 is 0 Å². The van der Waals surface area contributed by atoms with Crippen molar-refractivity contribution in [2.75, 3.05) is 26.2 Å². The van der Waals surface area contributed by atoms with Gasteiger partial charge in [0.05, 0.1) is 0 Å². The third-order valence-electron chi connectivity index (χ3n) is 7.00. The maximum atomic E-state index is 13.8. The Hall–Kier alpha value is -3.08. The van der Waals surface area contributed by atoms with Crippen LogP contribution in [0.25, 0.3) is 0 Å². The zero-order valence-electron chi connectivity index (χ0n) is 18.7. The predicted octanol–water partition coefficient (Wildman–Crippen LogP) is 4.40. The maximum absolute atomic E-state index is 13.8. The summed E-state index contributed by atoms with van der Waals surface area (Å²) >= 11 is 0. The minimum Gasteiger partial charge on any atom is -0.297 e. The lowest BCUT2D eigenvalue weighted by molar-refractivity contribution is 0.0279. The van der Waals surface area contributed by atoms with Crippen LogP contribution in [0.3, 0.4) is 0 Å². The smallest absolute Gasteiger partial charge is 0.196 e. The van der Waals surface area contributed by atoms with Crippen molar-refractivity contribution < 1.29 is 9.59 Å². The lowest BCUT2D eigenvalue weighted by Crippen LogP contribution is -2.60. The number of rotatable bonds is 4. The van der Waals surface area contributed by atoms with E-state index in [4.69, 9.17) is 0 Å². The van der Waals surface area contributed by atoms with E-state index >= 15 is 0 Å². The van der Waals surface area contributed by atoms with E-state index in [9.17, 15) is 9.59 Å². The van der Waals surface area contributed by atoms with Crippen molar-refractivity contribution >= 4 is 11.6 Å². The molecule has 4 heteroatoms. The minimum atomic E-state index is -1.25. The van der Waals surface area contributed by atoms with Crippen LogP contribution in [-0.2, 0) is 12.1 Å². The molecule has 1 aliphatic carbocycles. The Labute approximate surface area is 189 Å². The normalized spacial score (nSPS) is 18.7. The van der Waals surface area contributed by atoms with Gasteiger partial charge < -0.3 is 0 Å². The Morgan fingerprint density at radius 2 is 1.34 bits per heavy atom. The molecular formula is C28H28N2O2. The number of aryl methyl sites for hydroxylation is 2. The second-order valence-electron chi connectivity index (χ2n) is 8.97. The molecule has 0 saturated carbocycles. The largest absolute Gasteiger partial charge is 0.297 e. The van der Waals surface area contributed by atoms with Crippen molar-refractivity contribution in [3.63, 3.8) is 0 Å². The highest BCUT2D eigenvalue weighted by molar-refractivity contribution is 6.32. The highest BCUT2D eigenvalue weighted by Crippen LogP contribution is 2.42. The molecule has 1 saturated heterocycles. The van der Waals surface area contributed by atoms with Crippen molar-refractivity contribution in [3.8, 4) is 0 Å². The van der Waals surface area contributed by atoms with Crippen molar-refractivity contribution in [1.82, 2.24) is 9.80 Å². The molecule has 0 unspecified atom stereocenters. The van der Waals surface area contributed by atoms with E-state index in [1.165, 1.54) is 16.7 Å². The fourth-order valence-electron chi connectivity index (χ4n) is 5.29. The van der Waals surface area contributed by atoms with Gasteiger partial charge in [0.1, 0.15) is 0 Å². The molecule has 0 bridgehead atoms. The quantitative estimate of drug-likeness (QED) is 0.582. The Kier molecular flexibility index (Phi) is 5.28. The van der Waals surface area contributed by atoms with E-state index in [2.05, 4.69) is 41.8 Å². The number of fused-ring (bicyclic) bond motifs is 1. The molecule has 0 aromatic heterocycles. The maximum Gasteiger partial charge on any atom is 0.196 e. The third-order valence-corrected chi connectivity index (χ3v) is 7.00. The summed E-state index contributed by atoms with van der Waals surface area (Å²) in [5.74, 6) is -0.181. The first-order chi connectivity index (χ1) is 15.5. The number of carbonyl (C=O) groups excluding carboxylic acids is 2. The summed E-state index contributed by atoms with van der Waals surface area (Å²) in [5, 5.41) is 0. The summed E-state index contributed by atoms with van der Waals surface area (Å²) in [4.78, 5) is 32.1. The summed E-state index contributed by atoms with van der Waals surface area (Å²) in [7, 11) is 0. The summed E-state index contributed by atoms with van der Waals surface area (Å²) < 4.78 is 0. The number of piperazine rings is 1. The fourth-order valence-corrected chi connectivity index (χ4v) is 5.29. The van der Waals surface area contributed by atoms with Crippen molar-refractivity contribution in [2.24, 2.45) is 0 Å². The van der Waals surface area contributed by atoms with Crippen LogP contribution >= 0.6 is 0 Å². The third kappa shape index (κ3) is 3.22. The van der Waals surface area contributed by atoms with Gasteiger partial charge in [-0.25, -0.2) is 0 Å². The molecule has 5 rings (SSSR count). The average Bonchev–Trinajstić information content (AvgIpc) is 3.05. The number of nitrogens with zero attached hydrogens (tertiary/aromatic N) is 2. The van der Waals surface area contributed by atoms with Gasteiger partial charge in [-0.3, -0.25) is 19.4 Å². The molecule has 0 amide bonds. The zero-order valence-corrected chi connectivity index (χ0v) is 18.7.